The van der Waals surface area contributed by atoms with Gasteiger partial charge in [-0.05, 0) is 43.6 Å². The molecule has 6 heteroatoms. The third kappa shape index (κ3) is 7.21. The summed E-state index contributed by atoms with van der Waals surface area (Å²) in [7, 11) is 0. The van der Waals surface area contributed by atoms with Crippen LogP contribution in [0.15, 0.2) is 71.9 Å². The predicted octanol–water partition coefficient (Wildman–Crippen LogP) is 6.62. The molecule has 0 N–H and O–H groups in total. The third-order valence-electron chi connectivity index (χ3n) is 2.58. The Morgan fingerprint density at radius 2 is 0.957 bits per heavy atom. The van der Waals surface area contributed by atoms with Gasteiger partial charge in [0, 0.05) is 0 Å². The van der Waals surface area contributed by atoms with Crippen LogP contribution >= 0.6 is 0 Å². The van der Waals surface area contributed by atoms with E-state index < -0.39 is 41.1 Å². The molecule has 0 heterocycles. The summed E-state index contributed by atoms with van der Waals surface area (Å²) in [6.45, 7) is 15.9. The maximum atomic E-state index is 13.0. The highest BCUT2D eigenvalue weighted by Gasteiger charge is 2.38. The summed E-state index contributed by atoms with van der Waals surface area (Å²) < 4.78 is 77.9. The van der Waals surface area contributed by atoms with Crippen LogP contribution in [0.3, 0.4) is 0 Å². The van der Waals surface area contributed by atoms with Crippen LogP contribution in [0.5, 0.6) is 0 Å². The fraction of sp³-hybridized carbons (Fsp3) is 0.294. The quantitative estimate of drug-likeness (QED) is 0.378. The van der Waals surface area contributed by atoms with E-state index in [2.05, 4.69) is 26.3 Å². The molecular weight excluding hydrogens is 318 g/mol. The largest absolute Gasteiger partial charge is 0.416 e. The summed E-state index contributed by atoms with van der Waals surface area (Å²) in [5.41, 5.74) is -3.05. The van der Waals surface area contributed by atoms with Gasteiger partial charge in [-0.25, -0.2) is 0 Å². The van der Waals surface area contributed by atoms with Gasteiger partial charge in [-0.3, -0.25) is 0 Å². The molecule has 0 saturated carbocycles. The fourth-order valence-electron chi connectivity index (χ4n) is 1.71. The first-order valence-corrected chi connectivity index (χ1v) is 6.41. The zero-order chi connectivity index (χ0) is 18.6. The smallest absolute Gasteiger partial charge is 0.166 e. The van der Waals surface area contributed by atoms with Crippen molar-refractivity contribution in [1.82, 2.24) is 0 Å². The molecule has 0 aromatic carbocycles. The Morgan fingerprint density at radius 3 is 1.13 bits per heavy atom. The highest BCUT2D eigenvalue weighted by molar-refractivity contribution is 5.45. The minimum Gasteiger partial charge on any atom is -0.166 e. The van der Waals surface area contributed by atoms with E-state index in [-0.39, 0.29) is 11.1 Å². The summed E-state index contributed by atoms with van der Waals surface area (Å²) in [6, 6.07) is 0. The molecule has 0 aromatic heterocycles. The van der Waals surface area contributed by atoms with Crippen molar-refractivity contribution in [3.8, 4) is 0 Å². The van der Waals surface area contributed by atoms with Crippen LogP contribution in [0.4, 0.5) is 26.3 Å². The molecule has 128 valence electrons. The number of halogens is 6. The van der Waals surface area contributed by atoms with Crippen LogP contribution in [-0.4, -0.2) is 12.4 Å². The minimum atomic E-state index is -4.74. The molecule has 0 atom stereocenters. The van der Waals surface area contributed by atoms with Gasteiger partial charge < -0.3 is 0 Å². The summed E-state index contributed by atoms with van der Waals surface area (Å²) in [6.07, 6.45) is -8.67. The van der Waals surface area contributed by atoms with Gasteiger partial charge in [0.1, 0.15) is 0 Å². The average Bonchev–Trinajstić information content (AvgIpc) is 2.29. The highest BCUT2D eigenvalue weighted by atomic mass is 19.4. The second kappa shape index (κ2) is 7.53. The van der Waals surface area contributed by atoms with Gasteiger partial charge in [0.05, 0.1) is 11.1 Å². The predicted molar refractivity (Wildman–Crippen MR) is 80.8 cm³/mol. The van der Waals surface area contributed by atoms with E-state index in [1.807, 2.05) is 0 Å². The Balaban J connectivity index is 5.62. The van der Waals surface area contributed by atoms with Gasteiger partial charge in [0.25, 0.3) is 0 Å². The standard InChI is InChI=1S/C17H18F6/c1-10(2)7-14(16(18,19)20)12(5)9-13(6)15(8-11(3)4)17(21,22)23/h7-8H,1,3,5-6,9H2,2,4H3/b14-7+,15-8+. The van der Waals surface area contributed by atoms with Gasteiger partial charge in [-0.1, -0.05) is 37.5 Å². The topological polar surface area (TPSA) is 0 Å². The van der Waals surface area contributed by atoms with Crippen molar-refractivity contribution >= 4 is 0 Å². The van der Waals surface area contributed by atoms with Gasteiger partial charge in [-0.15, -0.1) is 0 Å². The zero-order valence-electron chi connectivity index (χ0n) is 13.0. The van der Waals surface area contributed by atoms with Crippen LogP contribution in [0, 0.1) is 0 Å². The number of hydrogen-bond acceptors (Lipinski definition) is 0. The minimum absolute atomic E-state index is 0.109. The van der Waals surface area contributed by atoms with Crippen molar-refractivity contribution in [3.05, 3.63) is 71.9 Å². The highest BCUT2D eigenvalue weighted by Crippen LogP contribution is 2.38. The van der Waals surface area contributed by atoms with Crippen molar-refractivity contribution in [2.24, 2.45) is 0 Å². The molecule has 0 spiro atoms. The molecule has 0 nitrogen and oxygen atoms in total. The van der Waals surface area contributed by atoms with E-state index in [9.17, 15) is 26.3 Å². The Kier molecular flexibility index (Phi) is 6.88. The molecule has 0 aromatic rings. The van der Waals surface area contributed by atoms with Gasteiger partial charge in [-0.2, -0.15) is 26.3 Å². The molecule has 0 aliphatic carbocycles. The van der Waals surface area contributed by atoms with Crippen molar-refractivity contribution in [3.63, 3.8) is 0 Å². The van der Waals surface area contributed by atoms with Crippen LogP contribution in [0.25, 0.3) is 0 Å². The van der Waals surface area contributed by atoms with E-state index in [1.165, 1.54) is 13.8 Å². The second-order valence-corrected chi connectivity index (χ2v) is 5.19. The van der Waals surface area contributed by atoms with E-state index in [0.717, 1.165) is 12.2 Å². The zero-order valence-corrected chi connectivity index (χ0v) is 13.0. The Labute approximate surface area is 131 Å². The van der Waals surface area contributed by atoms with Crippen molar-refractivity contribution in [2.45, 2.75) is 32.6 Å². The maximum Gasteiger partial charge on any atom is 0.416 e. The second-order valence-electron chi connectivity index (χ2n) is 5.19. The summed E-state index contributed by atoms with van der Waals surface area (Å²) >= 11 is 0. The Morgan fingerprint density at radius 1 is 0.696 bits per heavy atom. The lowest BCUT2D eigenvalue weighted by Gasteiger charge is -2.19. The third-order valence-corrected chi connectivity index (χ3v) is 2.58. The molecule has 0 unspecified atom stereocenters. The van der Waals surface area contributed by atoms with Gasteiger partial charge in [0.2, 0.25) is 0 Å². The lowest BCUT2D eigenvalue weighted by atomic mass is 9.93. The first-order valence-electron chi connectivity index (χ1n) is 6.41. The van der Waals surface area contributed by atoms with Crippen LogP contribution < -0.4 is 0 Å². The van der Waals surface area contributed by atoms with Crippen molar-refractivity contribution < 1.29 is 26.3 Å². The maximum absolute atomic E-state index is 13.0. The first-order chi connectivity index (χ1) is 10.2. The Hall–Kier alpha value is -1.98. The van der Waals surface area contributed by atoms with Gasteiger partial charge >= 0.3 is 12.4 Å². The summed E-state index contributed by atoms with van der Waals surface area (Å²) in [5.74, 6) is 0. The number of allylic oxidation sites excluding steroid dienone is 8. The fourth-order valence-corrected chi connectivity index (χ4v) is 1.71. The van der Waals surface area contributed by atoms with Crippen LogP contribution in [0.2, 0.25) is 0 Å². The van der Waals surface area contributed by atoms with Crippen LogP contribution in [0.1, 0.15) is 20.3 Å². The molecule has 0 aliphatic rings. The number of hydrogen-bond donors (Lipinski definition) is 0. The first kappa shape index (κ1) is 21.0. The SMILES string of the molecule is C=C(C)/C=C(\C(=C)CC(=C)/C(=C\C(=C)C)C(F)(F)F)C(F)(F)F. The van der Waals surface area contributed by atoms with Crippen LogP contribution in [-0.2, 0) is 0 Å². The monoisotopic (exact) mass is 336 g/mol. The molecule has 0 bridgehead atoms. The van der Waals surface area contributed by atoms with E-state index in [1.54, 1.807) is 0 Å². The molecular formula is C17H18F6. The molecule has 23 heavy (non-hydrogen) atoms. The molecule has 0 radical (unpaired) electrons. The van der Waals surface area contributed by atoms with E-state index >= 15 is 0 Å². The molecule has 0 amide bonds. The summed E-state index contributed by atoms with van der Waals surface area (Å²) in [4.78, 5) is 0. The normalized spacial score (nSPS) is 13.7. The van der Waals surface area contributed by atoms with Crippen molar-refractivity contribution in [1.29, 1.82) is 0 Å². The molecule has 0 aliphatic heterocycles. The van der Waals surface area contributed by atoms with Gasteiger partial charge in [0.15, 0.2) is 0 Å². The lowest BCUT2D eigenvalue weighted by molar-refractivity contribution is -0.0898. The Bertz CT molecular complexity index is 527. The van der Waals surface area contributed by atoms with E-state index in [4.69, 9.17) is 0 Å². The molecule has 0 saturated heterocycles. The summed E-state index contributed by atoms with van der Waals surface area (Å²) in [5, 5.41) is 0. The average molecular weight is 336 g/mol. The lowest BCUT2D eigenvalue weighted by Crippen LogP contribution is -2.17. The number of rotatable bonds is 6. The number of alkyl halides is 6. The van der Waals surface area contributed by atoms with Crippen molar-refractivity contribution in [2.75, 3.05) is 0 Å². The van der Waals surface area contributed by atoms with E-state index in [0.29, 0.717) is 0 Å². The molecule has 0 fully saturated rings. The molecule has 0 rings (SSSR count).